The van der Waals surface area contributed by atoms with Crippen LogP contribution in [0.5, 0.6) is 0 Å². The van der Waals surface area contributed by atoms with Gasteiger partial charge < -0.3 is 16.0 Å². The third kappa shape index (κ3) is 4.46. The summed E-state index contributed by atoms with van der Waals surface area (Å²) in [6.45, 7) is 5.05. The van der Waals surface area contributed by atoms with E-state index in [1.54, 1.807) is 6.92 Å². The highest BCUT2D eigenvalue weighted by atomic mass is 19.1. The number of alkyl halides is 1. The third-order valence-electron chi connectivity index (χ3n) is 4.15. The number of urea groups is 1. The van der Waals surface area contributed by atoms with Crippen LogP contribution in [0.4, 0.5) is 9.18 Å². The van der Waals surface area contributed by atoms with Crippen molar-refractivity contribution < 1.29 is 14.0 Å². The molecule has 1 heterocycles. The first-order valence-electron chi connectivity index (χ1n) is 8.38. The van der Waals surface area contributed by atoms with E-state index in [4.69, 9.17) is 0 Å². The predicted octanol–water partition coefficient (Wildman–Crippen LogP) is 1.09. The summed E-state index contributed by atoms with van der Waals surface area (Å²) in [7, 11) is 0. The Morgan fingerprint density at radius 3 is 2.83 bits per heavy atom. The second kappa shape index (κ2) is 8.12. The van der Waals surface area contributed by atoms with Crippen LogP contribution >= 0.6 is 0 Å². The standard InChI is InChI=1S/C16H26FN5O2/c1-10(2)22-14-8-13(5-4-12(14)9-19-22)21-16(24)20-11(3)15(23)18-7-6-17/h9-11,13H,4-8H2,1-3H3,(H,18,23)(H2,20,21,24)/t11-,13-/m0/s1. The van der Waals surface area contributed by atoms with Gasteiger partial charge in [-0.15, -0.1) is 0 Å². The lowest BCUT2D eigenvalue weighted by atomic mass is 9.93. The van der Waals surface area contributed by atoms with Crippen LogP contribution in [0.2, 0.25) is 0 Å². The highest BCUT2D eigenvalue weighted by Gasteiger charge is 2.25. The molecular formula is C16H26FN5O2. The molecule has 0 aromatic carbocycles. The molecule has 1 aliphatic carbocycles. The number of carbonyl (C=O) groups excluding carboxylic acids is 2. The molecule has 3 amide bonds. The minimum Gasteiger partial charge on any atom is -0.352 e. The van der Waals surface area contributed by atoms with Crippen LogP contribution in [0.25, 0.3) is 0 Å². The smallest absolute Gasteiger partial charge is 0.315 e. The summed E-state index contributed by atoms with van der Waals surface area (Å²) in [5.74, 6) is -0.397. The van der Waals surface area contributed by atoms with Gasteiger partial charge in [0.1, 0.15) is 12.7 Å². The van der Waals surface area contributed by atoms with Crippen molar-refractivity contribution in [1.29, 1.82) is 0 Å². The minimum absolute atomic E-state index is 0.00723. The zero-order valence-corrected chi connectivity index (χ0v) is 14.4. The normalized spacial score (nSPS) is 18.0. The number of fused-ring (bicyclic) bond motifs is 1. The fourth-order valence-corrected chi connectivity index (χ4v) is 2.90. The molecule has 3 N–H and O–H groups in total. The summed E-state index contributed by atoms with van der Waals surface area (Å²) in [5.41, 5.74) is 2.40. The van der Waals surface area contributed by atoms with Gasteiger partial charge in [0.2, 0.25) is 5.91 Å². The summed E-state index contributed by atoms with van der Waals surface area (Å²) >= 11 is 0. The van der Waals surface area contributed by atoms with Gasteiger partial charge >= 0.3 is 6.03 Å². The second-order valence-electron chi connectivity index (χ2n) is 6.41. The zero-order valence-electron chi connectivity index (χ0n) is 14.4. The Balaban J connectivity index is 1.87. The SMILES string of the molecule is CC(C)n1ncc2c1C[C@@H](NC(=O)N[C@@H](C)C(=O)NCCF)CC2. The maximum absolute atomic E-state index is 12.1. The number of hydrogen-bond donors (Lipinski definition) is 3. The zero-order chi connectivity index (χ0) is 17.7. The highest BCUT2D eigenvalue weighted by molar-refractivity contribution is 5.86. The Hall–Kier alpha value is -2.12. The predicted molar refractivity (Wildman–Crippen MR) is 88.5 cm³/mol. The van der Waals surface area contributed by atoms with Crippen LogP contribution in [0.15, 0.2) is 6.20 Å². The van der Waals surface area contributed by atoms with Crippen molar-refractivity contribution in [3.05, 3.63) is 17.5 Å². The van der Waals surface area contributed by atoms with Gasteiger partial charge in [-0.25, -0.2) is 9.18 Å². The number of nitrogens with zero attached hydrogens (tertiary/aromatic N) is 2. The van der Waals surface area contributed by atoms with Gasteiger partial charge in [0.25, 0.3) is 0 Å². The van der Waals surface area contributed by atoms with E-state index >= 15 is 0 Å². The van der Waals surface area contributed by atoms with Crippen LogP contribution in [-0.2, 0) is 17.6 Å². The van der Waals surface area contributed by atoms with E-state index in [2.05, 4.69) is 34.9 Å². The van der Waals surface area contributed by atoms with E-state index in [1.807, 2.05) is 10.9 Å². The summed E-state index contributed by atoms with van der Waals surface area (Å²) in [6.07, 6.45) is 4.35. The minimum atomic E-state index is -0.711. The first-order chi connectivity index (χ1) is 11.4. The van der Waals surface area contributed by atoms with Crippen molar-refractivity contribution in [3.63, 3.8) is 0 Å². The molecule has 0 radical (unpaired) electrons. The number of nitrogens with one attached hydrogen (secondary N) is 3. The van der Waals surface area contributed by atoms with Gasteiger partial charge in [-0.2, -0.15) is 5.10 Å². The number of amides is 3. The summed E-state index contributed by atoms with van der Waals surface area (Å²) < 4.78 is 14.0. The van der Waals surface area contributed by atoms with Crippen molar-refractivity contribution >= 4 is 11.9 Å². The lowest BCUT2D eigenvalue weighted by Crippen LogP contribution is -2.51. The Morgan fingerprint density at radius 2 is 2.17 bits per heavy atom. The molecule has 2 rings (SSSR count). The molecule has 24 heavy (non-hydrogen) atoms. The number of hydrogen-bond acceptors (Lipinski definition) is 3. The van der Waals surface area contributed by atoms with Crippen LogP contribution in [-0.4, -0.2) is 47.0 Å². The third-order valence-corrected chi connectivity index (χ3v) is 4.15. The number of halogens is 1. The fraction of sp³-hybridized carbons (Fsp3) is 0.688. The lowest BCUT2D eigenvalue weighted by molar-refractivity contribution is -0.122. The quantitative estimate of drug-likeness (QED) is 0.725. The Bertz CT molecular complexity index is 587. The Kier molecular flexibility index (Phi) is 6.16. The molecule has 1 aromatic rings. The van der Waals surface area contributed by atoms with Gasteiger partial charge in [0.05, 0.1) is 6.20 Å². The average molecular weight is 339 g/mol. The van der Waals surface area contributed by atoms with E-state index in [1.165, 1.54) is 5.56 Å². The number of carbonyl (C=O) groups is 2. The topological polar surface area (TPSA) is 88.1 Å². The molecular weight excluding hydrogens is 313 g/mol. The van der Waals surface area contributed by atoms with E-state index in [9.17, 15) is 14.0 Å². The van der Waals surface area contributed by atoms with Gasteiger partial charge in [0.15, 0.2) is 0 Å². The molecule has 1 aliphatic rings. The molecule has 7 nitrogen and oxygen atoms in total. The van der Waals surface area contributed by atoms with E-state index in [0.29, 0.717) is 0 Å². The molecule has 0 spiro atoms. The van der Waals surface area contributed by atoms with E-state index in [0.717, 1.165) is 25.0 Å². The van der Waals surface area contributed by atoms with E-state index < -0.39 is 18.6 Å². The van der Waals surface area contributed by atoms with Crippen LogP contribution < -0.4 is 16.0 Å². The van der Waals surface area contributed by atoms with Gasteiger partial charge in [0, 0.05) is 30.7 Å². The molecule has 0 aliphatic heterocycles. The largest absolute Gasteiger partial charge is 0.352 e. The number of aromatic nitrogens is 2. The molecule has 0 bridgehead atoms. The second-order valence-corrected chi connectivity index (χ2v) is 6.41. The van der Waals surface area contributed by atoms with Crippen LogP contribution in [0.1, 0.15) is 44.5 Å². The molecule has 8 heteroatoms. The summed E-state index contributed by atoms with van der Waals surface area (Å²) in [5, 5.41) is 12.3. The number of rotatable bonds is 6. The highest BCUT2D eigenvalue weighted by Crippen LogP contribution is 2.23. The molecule has 2 atom stereocenters. The fourth-order valence-electron chi connectivity index (χ4n) is 2.90. The molecule has 0 saturated carbocycles. The average Bonchev–Trinajstić information content (AvgIpc) is 2.95. The van der Waals surface area contributed by atoms with Crippen molar-refractivity contribution in [1.82, 2.24) is 25.7 Å². The Labute approximate surface area is 141 Å². The molecule has 0 saturated heterocycles. The van der Waals surface area contributed by atoms with Crippen LogP contribution in [0.3, 0.4) is 0 Å². The van der Waals surface area contributed by atoms with E-state index in [-0.39, 0.29) is 24.7 Å². The molecule has 0 unspecified atom stereocenters. The van der Waals surface area contributed by atoms with Crippen LogP contribution in [0, 0.1) is 0 Å². The van der Waals surface area contributed by atoms with Gasteiger partial charge in [-0.3, -0.25) is 9.48 Å². The first kappa shape index (κ1) is 18.2. The maximum atomic E-state index is 12.1. The van der Waals surface area contributed by atoms with Crippen molar-refractivity contribution in [2.45, 2.75) is 58.2 Å². The summed E-state index contributed by atoms with van der Waals surface area (Å²) in [4.78, 5) is 23.7. The maximum Gasteiger partial charge on any atom is 0.315 e. The van der Waals surface area contributed by atoms with Gasteiger partial charge in [-0.1, -0.05) is 0 Å². The van der Waals surface area contributed by atoms with Crippen molar-refractivity contribution in [2.24, 2.45) is 0 Å². The monoisotopic (exact) mass is 339 g/mol. The molecule has 134 valence electrons. The van der Waals surface area contributed by atoms with Crippen molar-refractivity contribution in [3.8, 4) is 0 Å². The number of aryl methyl sites for hydroxylation is 1. The lowest BCUT2D eigenvalue weighted by Gasteiger charge is -2.26. The molecule has 0 fully saturated rings. The van der Waals surface area contributed by atoms with Crippen molar-refractivity contribution in [2.75, 3.05) is 13.2 Å². The summed E-state index contributed by atoms with van der Waals surface area (Å²) in [6, 6.07) is -0.813. The molecule has 1 aromatic heterocycles. The Morgan fingerprint density at radius 1 is 1.42 bits per heavy atom. The first-order valence-corrected chi connectivity index (χ1v) is 8.38. The van der Waals surface area contributed by atoms with Gasteiger partial charge in [-0.05, 0) is 39.2 Å².